The largest absolute Gasteiger partial charge is 0.495 e. The molecule has 0 radical (unpaired) electrons. The zero-order valence-electron chi connectivity index (χ0n) is 9.87. The molecule has 1 atom stereocenters. The Balaban J connectivity index is 3.02. The molecule has 1 aromatic rings. The van der Waals surface area contributed by atoms with Crippen LogP contribution in [0.3, 0.4) is 0 Å². The van der Waals surface area contributed by atoms with Crippen molar-refractivity contribution < 1.29 is 9.53 Å². The van der Waals surface area contributed by atoms with Crippen molar-refractivity contribution in [2.75, 3.05) is 12.4 Å². The third-order valence-corrected chi connectivity index (χ3v) is 2.73. The number of anilines is 1. The van der Waals surface area contributed by atoms with Crippen LogP contribution >= 0.6 is 11.6 Å². The van der Waals surface area contributed by atoms with E-state index in [0.717, 1.165) is 5.56 Å². The van der Waals surface area contributed by atoms with Crippen LogP contribution in [-0.2, 0) is 4.79 Å². The van der Waals surface area contributed by atoms with Crippen molar-refractivity contribution in [3.05, 3.63) is 22.7 Å². The van der Waals surface area contributed by atoms with Gasteiger partial charge in [0, 0.05) is 11.1 Å². The van der Waals surface area contributed by atoms with Gasteiger partial charge in [0.15, 0.2) is 0 Å². The lowest BCUT2D eigenvalue weighted by atomic mass is 10.1. The molecule has 0 aliphatic carbocycles. The van der Waals surface area contributed by atoms with E-state index < -0.39 is 5.92 Å². The van der Waals surface area contributed by atoms with Gasteiger partial charge in [0.1, 0.15) is 11.7 Å². The zero-order valence-corrected chi connectivity index (χ0v) is 10.6. The van der Waals surface area contributed by atoms with E-state index in [4.69, 9.17) is 21.6 Å². The van der Waals surface area contributed by atoms with Gasteiger partial charge in [-0.25, -0.2) is 0 Å². The van der Waals surface area contributed by atoms with E-state index in [-0.39, 0.29) is 5.91 Å². The second-order valence-electron chi connectivity index (χ2n) is 3.64. The predicted molar refractivity (Wildman–Crippen MR) is 66.1 cm³/mol. The SMILES string of the molecule is COc1cc(Cl)c(C)cc1NC(=O)C(C)C#N. The van der Waals surface area contributed by atoms with Crippen LogP contribution in [-0.4, -0.2) is 13.0 Å². The van der Waals surface area contributed by atoms with Crippen LogP contribution in [0.1, 0.15) is 12.5 Å². The Morgan fingerprint density at radius 3 is 2.76 bits per heavy atom. The fraction of sp³-hybridized carbons (Fsp3) is 0.333. The molecule has 1 unspecified atom stereocenters. The van der Waals surface area contributed by atoms with Crippen LogP contribution in [0, 0.1) is 24.2 Å². The summed E-state index contributed by atoms with van der Waals surface area (Å²) in [4.78, 5) is 11.6. The highest BCUT2D eigenvalue weighted by atomic mass is 35.5. The van der Waals surface area contributed by atoms with E-state index in [1.807, 2.05) is 13.0 Å². The van der Waals surface area contributed by atoms with E-state index in [1.165, 1.54) is 14.0 Å². The minimum atomic E-state index is -0.712. The number of halogens is 1. The first-order chi connectivity index (χ1) is 7.99. The van der Waals surface area contributed by atoms with Crippen LogP contribution in [0.25, 0.3) is 0 Å². The lowest BCUT2D eigenvalue weighted by Gasteiger charge is -2.12. The van der Waals surface area contributed by atoms with Gasteiger partial charge in [-0.1, -0.05) is 11.6 Å². The quantitative estimate of drug-likeness (QED) is 0.900. The summed E-state index contributed by atoms with van der Waals surface area (Å²) in [6.07, 6.45) is 0. The normalized spacial score (nSPS) is 11.5. The first kappa shape index (κ1) is 13.3. The molecule has 0 aromatic heterocycles. The van der Waals surface area contributed by atoms with Crippen molar-refractivity contribution in [2.45, 2.75) is 13.8 Å². The molecule has 1 rings (SSSR count). The van der Waals surface area contributed by atoms with Gasteiger partial charge in [0.25, 0.3) is 0 Å². The first-order valence-electron chi connectivity index (χ1n) is 5.04. The van der Waals surface area contributed by atoms with E-state index in [1.54, 1.807) is 12.1 Å². The monoisotopic (exact) mass is 252 g/mol. The van der Waals surface area contributed by atoms with E-state index >= 15 is 0 Å². The van der Waals surface area contributed by atoms with Crippen molar-refractivity contribution >= 4 is 23.2 Å². The lowest BCUT2D eigenvalue weighted by Crippen LogP contribution is -2.19. The Bertz CT molecular complexity index is 480. The molecule has 1 aromatic carbocycles. The second kappa shape index (κ2) is 5.55. The molecule has 5 heteroatoms. The Morgan fingerprint density at radius 2 is 2.24 bits per heavy atom. The zero-order chi connectivity index (χ0) is 13.0. The van der Waals surface area contributed by atoms with Gasteiger partial charge in [-0.05, 0) is 25.5 Å². The summed E-state index contributed by atoms with van der Waals surface area (Å²) in [7, 11) is 1.49. The number of ether oxygens (including phenoxy) is 1. The summed E-state index contributed by atoms with van der Waals surface area (Å²) in [5.74, 6) is -0.609. The number of amides is 1. The fourth-order valence-corrected chi connectivity index (χ4v) is 1.38. The molecule has 0 fully saturated rings. The number of carbonyl (C=O) groups is 1. The van der Waals surface area contributed by atoms with Crippen LogP contribution < -0.4 is 10.1 Å². The minimum Gasteiger partial charge on any atom is -0.495 e. The minimum absolute atomic E-state index is 0.368. The van der Waals surface area contributed by atoms with Gasteiger partial charge in [0.05, 0.1) is 18.9 Å². The Labute approximate surface area is 105 Å². The fourth-order valence-electron chi connectivity index (χ4n) is 1.23. The van der Waals surface area contributed by atoms with Gasteiger partial charge in [0.2, 0.25) is 5.91 Å². The van der Waals surface area contributed by atoms with Crippen LogP contribution in [0.2, 0.25) is 5.02 Å². The molecule has 0 bridgehead atoms. The molecule has 17 heavy (non-hydrogen) atoms. The molecule has 1 amide bonds. The molecular formula is C12H13ClN2O2. The average molecular weight is 253 g/mol. The average Bonchev–Trinajstić information content (AvgIpc) is 2.32. The summed E-state index contributed by atoms with van der Waals surface area (Å²) < 4.78 is 5.11. The second-order valence-corrected chi connectivity index (χ2v) is 4.05. The number of hydrogen-bond donors (Lipinski definition) is 1. The summed E-state index contributed by atoms with van der Waals surface area (Å²) in [6.45, 7) is 3.36. The van der Waals surface area contributed by atoms with Crippen molar-refractivity contribution in [1.82, 2.24) is 0 Å². The molecule has 0 saturated heterocycles. The summed E-state index contributed by atoms with van der Waals surface area (Å²) in [6, 6.07) is 5.21. The number of nitrogens with zero attached hydrogens (tertiary/aromatic N) is 1. The highest BCUT2D eigenvalue weighted by Gasteiger charge is 2.15. The number of aryl methyl sites for hydroxylation is 1. The van der Waals surface area contributed by atoms with Crippen molar-refractivity contribution in [3.63, 3.8) is 0 Å². The van der Waals surface area contributed by atoms with E-state index in [2.05, 4.69) is 5.32 Å². The Hall–Kier alpha value is -1.73. The standard InChI is InChI=1S/C12H13ClN2O2/c1-7-4-10(11(17-3)5-9(7)13)15-12(16)8(2)6-14/h4-5,8H,1-3H3,(H,15,16). The molecule has 0 aliphatic rings. The predicted octanol–water partition coefficient (Wildman–Crippen LogP) is 2.76. The van der Waals surface area contributed by atoms with Crippen LogP contribution in [0.5, 0.6) is 5.75 Å². The van der Waals surface area contributed by atoms with Crippen LogP contribution in [0.15, 0.2) is 12.1 Å². The molecule has 0 aliphatic heterocycles. The Kier molecular flexibility index (Phi) is 4.36. The molecule has 90 valence electrons. The van der Waals surface area contributed by atoms with Gasteiger partial charge in [-0.3, -0.25) is 4.79 Å². The number of hydrogen-bond acceptors (Lipinski definition) is 3. The van der Waals surface area contributed by atoms with Crippen LogP contribution in [0.4, 0.5) is 5.69 Å². The third kappa shape index (κ3) is 3.11. The van der Waals surface area contributed by atoms with E-state index in [0.29, 0.717) is 16.5 Å². The highest BCUT2D eigenvalue weighted by molar-refractivity contribution is 6.31. The maximum atomic E-state index is 11.6. The van der Waals surface area contributed by atoms with Gasteiger partial charge < -0.3 is 10.1 Å². The maximum Gasteiger partial charge on any atom is 0.241 e. The number of benzene rings is 1. The molecule has 1 N–H and O–H groups in total. The summed E-state index contributed by atoms with van der Waals surface area (Å²) >= 11 is 5.95. The molecule has 0 saturated carbocycles. The van der Waals surface area contributed by atoms with Gasteiger partial charge in [-0.2, -0.15) is 5.26 Å². The first-order valence-corrected chi connectivity index (χ1v) is 5.42. The molecule has 4 nitrogen and oxygen atoms in total. The lowest BCUT2D eigenvalue weighted by molar-refractivity contribution is -0.117. The Morgan fingerprint density at radius 1 is 1.59 bits per heavy atom. The van der Waals surface area contributed by atoms with Gasteiger partial charge >= 0.3 is 0 Å². The topological polar surface area (TPSA) is 62.1 Å². The number of nitrogens with one attached hydrogen (secondary N) is 1. The molecule has 0 heterocycles. The summed E-state index contributed by atoms with van der Waals surface area (Å²) in [5, 5.41) is 11.8. The maximum absolute atomic E-state index is 11.6. The number of rotatable bonds is 3. The number of methoxy groups -OCH3 is 1. The highest BCUT2D eigenvalue weighted by Crippen LogP contribution is 2.31. The van der Waals surface area contributed by atoms with Crippen molar-refractivity contribution in [3.8, 4) is 11.8 Å². The third-order valence-electron chi connectivity index (χ3n) is 2.33. The molecule has 0 spiro atoms. The van der Waals surface area contributed by atoms with Crippen molar-refractivity contribution in [2.24, 2.45) is 5.92 Å². The summed E-state index contributed by atoms with van der Waals surface area (Å²) in [5.41, 5.74) is 1.34. The number of nitriles is 1. The van der Waals surface area contributed by atoms with E-state index in [9.17, 15) is 4.79 Å². The van der Waals surface area contributed by atoms with Gasteiger partial charge in [-0.15, -0.1) is 0 Å². The van der Waals surface area contributed by atoms with Crippen molar-refractivity contribution in [1.29, 1.82) is 5.26 Å². The smallest absolute Gasteiger partial charge is 0.241 e. The molecular weight excluding hydrogens is 240 g/mol. The number of carbonyl (C=O) groups excluding carboxylic acids is 1.